The molecule has 1 aromatic rings. The summed E-state index contributed by atoms with van der Waals surface area (Å²) in [5.41, 5.74) is 7.02. The van der Waals surface area contributed by atoms with Gasteiger partial charge in [-0.2, -0.15) is 0 Å². The van der Waals surface area contributed by atoms with Gasteiger partial charge in [-0.1, -0.05) is 36.2 Å². The largest absolute Gasteiger partial charge is 0.297 e. The molecule has 1 N–H and O–H groups in total. The molecule has 2 saturated heterocycles. The fraction of sp³-hybridized carbons (Fsp3) is 0.556. The van der Waals surface area contributed by atoms with Gasteiger partial charge in [0, 0.05) is 23.7 Å². The second kappa shape index (κ2) is 7.02. The van der Waals surface area contributed by atoms with Crippen LogP contribution in [0.4, 0.5) is 0 Å². The zero-order valence-corrected chi connectivity index (χ0v) is 15.4. The number of benzene rings is 1. The Morgan fingerprint density at radius 3 is 2.74 bits per heavy atom. The molecule has 0 aliphatic carbocycles. The first-order valence-corrected chi connectivity index (χ1v) is 9.01. The zero-order chi connectivity index (χ0) is 16.6. The van der Waals surface area contributed by atoms with Gasteiger partial charge in [0.05, 0.1) is 17.2 Å². The van der Waals surface area contributed by atoms with Crippen LogP contribution in [-0.2, 0) is 4.84 Å². The number of allylic oxidation sites excluding steroid dienone is 1. The third-order valence-electron chi connectivity index (χ3n) is 5.36. The van der Waals surface area contributed by atoms with Gasteiger partial charge in [0.1, 0.15) is 0 Å². The van der Waals surface area contributed by atoms with Crippen molar-refractivity contribution in [1.29, 1.82) is 0 Å². The van der Waals surface area contributed by atoms with Crippen LogP contribution in [0.5, 0.6) is 0 Å². The number of likely N-dealkylation sites (N-methyl/N-ethyl adjacent to an activating group) is 1. The van der Waals surface area contributed by atoms with Crippen molar-refractivity contribution >= 4 is 23.2 Å². The van der Waals surface area contributed by atoms with E-state index in [-0.39, 0.29) is 0 Å². The number of nitrogens with zero attached hydrogens (tertiary/aromatic N) is 1. The quantitative estimate of drug-likeness (QED) is 0.789. The molecular weight excluding hydrogens is 331 g/mol. The number of hydroxylamine groups is 1. The van der Waals surface area contributed by atoms with Crippen LogP contribution in [0.1, 0.15) is 44.1 Å². The molecule has 1 unspecified atom stereocenters. The van der Waals surface area contributed by atoms with Crippen LogP contribution < -0.4 is 5.48 Å². The second-order valence-electron chi connectivity index (χ2n) is 6.47. The molecule has 126 valence electrons. The summed E-state index contributed by atoms with van der Waals surface area (Å²) in [6, 6.07) is 7.17. The van der Waals surface area contributed by atoms with Crippen molar-refractivity contribution in [2.24, 2.45) is 0 Å². The molecule has 2 aliphatic heterocycles. The first-order valence-electron chi connectivity index (χ1n) is 8.25. The molecule has 0 amide bonds. The summed E-state index contributed by atoms with van der Waals surface area (Å²) >= 11 is 12.4. The molecule has 3 nitrogen and oxygen atoms in total. The van der Waals surface area contributed by atoms with Crippen LogP contribution >= 0.6 is 23.2 Å². The van der Waals surface area contributed by atoms with Gasteiger partial charge in [0.2, 0.25) is 0 Å². The summed E-state index contributed by atoms with van der Waals surface area (Å²) in [7, 11) is 3.92. The number of nitrogens with one attached hydrogen (secondary N) is 1. The zero-order valence-electron chi connectivity index (χ0n) is 13.9. The Hall–Kier alpha value is -0.740. The monoisotopic (exact) mass is 354 g/mol. The van der Waals surface area contributed by atoms with Crippen molar-refractivity contribution in [1.82, 2.24) is 10.4 Å². The lowest BCUT2D eigenvalue weighted by atomic mass is 9.79. The first kappa shape index (κ1) is 17.1. The Kier molecular flexibility index (Phi) is 5.22. The molecule has 23 heavy (non-hydrogen) atoms. The number of rotatable bonds is 4. The summed E-state index contributed by atoms with van der Waals surface area (Å²) in [5.74, 6) is 0.371. The minimum Gasteiger partial charge on any atom is -0.297 e. The maximum atomic E-state index is 6.27. The van der Waals surface area contributed by atoms with Crippen molar-refractivity contribution < 1.29 is 4.84 Å². The highest BCUT2D eigenvalue weighted by Gasteiger charge is 2.43. The number of hydrogen-bond acceptors (Lipinski definition) is 3. The minimum absolute atomic E-state index is 0.371. The van der Waals surface area contributed by atoms with Crippen LogP contribution in [0.15, 0.2) is 29.5 Å². The Labute approximate surface area is 148 Å². The van der Waals surface area contributed by atoms with Crippen LogP contribution in [0.2, 0.25) is 10.0 Å². The maximum Gasteiger partial charge on any atom is 0.0636 e. The second-order valence-corrected chi connectivity index (χ2v) is 7.28. The van der Waals surface area contributed by atoms with Crippen LogP contribution in [-0.4, -0.2) is 31.1 Å². The molecule has 2 aliphatic rings. The van der Waals surface area contributed by atoms with Gasteiger partial charge in [0.25, 0.3) is 0 Å². The van der Waals surface area contributed by atoms with E-state index in [2.05, 4.69) is 30.4 Å². The van der Waals surface area contributed by atoms with Crippen molar-refractivity contribution in [2.75, 3.05) is 14.2 Å². The molecule has 5 heteroatoms. The predicted molar refractivity (Wildman–Crippen MR) is 95.9 cm³/mol. The van der Waals surface area contributed by atoms with Crippen molar-refractivity contribution in [3.8, 4) is 0 Å². The summed E-state index contributed by atoms with van der Waals surface area (Å²) in [6.45, 7) is 2.17. The van der Waals surface area contributed by atoms with Gasteiger partial charge in [0.15, 0.2) is 0 Å². The van der Waals surface area contributed by atoms with Gasteiger partial charge >= 0.3 is 0 Å². The summed E-state index contributed by atoms with van der Waals surface area (Å²) < 4.78 is 0. The van der Waals surface area contributed by atoms with E-state index in [4.69, 9.17) is 28.0 Å². The van der Waals surface area contributed by atoms with E-state index < -0.39 is 0 Å². The van der Waals surface area contributed by atoms with Gasteiger partial charge in [-0.15, -0.1) is 0 Å². The maximum absolute atomic E-state index is 6.27. The topological polar surface area (TPSA) is 24.5 Å². The Balaban J connectivity index is 2.07. The van der Waals surface area contributed by atoms with E-state index in [0.29, 0.717) is 28.0 Å². The molecule has 0 radical (unpaired) electrons. The Morgan fingerprint density at radius 2 is 2.09 bits per heavy atom. The van der Waals surface area contributed by atoms with Crippen LogP contribution in [0.3, 0.4) is 0 Å². The predicted octanol–water partition coefficient (Wildman–Crippen LogP) is 4.76. The summed E-state index contributed by atoms with van der Waals surface area (Å²) in [5, 5.41) is 1.25. The van der Waals surface area contributed by atoms with Gasteiger partial charge < -0.3 is 0 Å². The normalized spacial score (nSPS) is 29.7. The highest BCUT2D eigenvalue weighted by atomic mass is 35.5. The molecule has 2 heterocycles. The fourth-order valence-electron chi connectivity index (χ4n) is 4.22. The molecular formula is C18H24Cl2N2O. The highest BCUT2D eigenvalue weighted by molar-refractivity contribution is 6.42. The van der Waals surface area contributed by atoms with Crippen molar-refractivity contribution in [2.45, 2.75) is 50.6 Å². The number of fused-ring (bicyclic) bond motifs is 2. The van der Waals surface area contributed by atoms with Crippen LogP contribution in [0.25, 0.3) is 0 Å². The minimum atomic E-state index is 0.371. The fourth-order valence-corrected chi connectivity index (χ4v) is 4.52. The molecule has 0 aromatic heterocycles. The number of halogens is 2. The molecule has 0 saturated carbocycles. The third-order valence-corrected chi connectivity index (χ3v) is 6.10. The number of hydrogen-bond donors (Lipinski definition) is 1. The standard InChI is InChI=1S/C18H24Cl2N2O/c1-4-16(21-23-3)18-13(10-12-6-8-17(18)22(12)2)11-5-7-14(19)15(20)9-11/h5,7,9,12-13,17,21H,4,6,8,10H2,1-3H3/t12?,13-,17-/m1/s1. The SMILES string of the molecule is CCC(NOC)=C1[C@H]2CCC(C[C@@H]1c1ccc(Cl)c(Cl)c1)N2C. The molecule has 3 rings (SSSR count). The Morgan fingerprint density at radius 1 is 1.30 bits per heavy atom. The van der Waals surface area contributed by atoms with Gasteiger partial charge in [-0.25, -0.2) is 0 Å². The molecule has 1 aromatic carbocycles. The van der Waals surface area contributed by atoms with E-state index in [1.807, 2.05) is 12.1 Å². The van der Waals surface area contributed by atoms with Crippen molar-refractivity contribution in [3.63, 3.8) is 0 Å². The average Bonchev–Trinajstić information content (AvgIpc) is 2.78. The first-order chi connectivity index (χ1) is 11.1. The third kappa shape index (κ3) is 3.12. The lowest BCUT2D eigenvalue weighted by Crippen LogP contribution is -2.42. The molecule has 2 fully saturated rings. The lowest BCUT2D eigenvalue weighted by molar-refractivity contribution is 0.110. The van der Waals surface area contributed by atoms with Crippen molar-refractivity contribution in [3.05, 3.63) is 45.1 Å². The number of piperidine rings is 1. The van der Waals surface area contributed by atoms with E-state index in [0.717, 1.165) is 12.8 Å². The van der Waals surface area contributed by atoms with Gasteiger partial charge in [-0.3, -0.25) is 15.2 Å². The Bertz CT molecular complexity index is 617. The molecule has 3 atom stereocenters. The molecule has 0 spiro atoms. The van der Waals surface area contributed by atoms with Gasteiger partial charge in [-0.05, 0) is 56.0 Å². The average molecular weight is 355 g/mol. The summed E-state index contributed by atoms with van der Waals surface area (Å²) in [6.07, 6.45) is 4.51. The van der Waals surface area contributed by atoms with E-state index in [1.54, 1.807) is 7.11 Å². The van der Waals surface area contributed by atoms with E-state index in [1.165, 1.54) is 29.7 Å². The van der Waals surface area contributed by atoms with Crippen LogP contribution in [0, 0.1) is 0 Å². The van der Waals surface area contributed by atoms with E-state index in [9.17, 15) is 0 Å². The highest BCUT2D eigenvalue weighted by Crippen LogP contribution is 2.47. The van der Waals surface area contributed by atoms with E-state index >= 15 is 0 Å². The smallest absolute Gasteiger partial charge is 0.0636 e. The summed E-state index contributed by atoms with van der Waals surface area (Å²) in [4.78, 5) is 7.77. The lowest BCUT2D eigenvalue weighted by Gasteiger charge is -2.40. The molecule has 2 bridgehead atoms.